The van der Waals surface area contributed by atoms with E-state index in [1.807, 2.05) is 25.2 Å². The number of methoxy groups -OCH3 is 1. The van der Waals surface area contributed by atoms with Gasteiger partial charge in [-0.3, -0.25) is 4.98 Å². The van der Waals surface area contributed by atoms with Crippen LogP contribution in [-0.2, 0) is 0 Å². The lowest BCUT2D eigenvalue weighted by Gasteiger charge is -2.12. The Hall–Kier alpha value is -1.27. The normalized spacial score (nSPS) is 10.1. The molecule has 0 saturated carbocycles. The highest BCUT2D eigenvalue weighted by atomic mass is 79.9. The Morgan fingerprint density at radius 3 is 2.47 bits per heavy atom. The predicted molar refractivity (Wildman–Crippen MR) is 85.5 cm³/mol. The Morgan fingerprint density at radius 2 is 1.79 bits per heavy atom. The highest BCUT2D eigenvalue weighted by molar-refractivity contribution is 9.11. The number of nitrogens with zero attached hydrogens (tertiary/aromatic N) is 1. The van der Waals surface area contributed by atoms with Gasteiger partial charge in [0.15, 0.2) is 0 Å². The summed E-state index contributed by atoms with van der Waals surface area (Å²) in [6.45, 7) is 0. The third kappa shape index (κ3) is 3.39. The van der Waals surface area contributed by atoms with Crippen molar-refractivity contribution in [1.82, 2.24) is 4.98 Å². The van der Waals surface area contributed by atoms with Crippen LogP contribution >= 0.6 is 31.9 Å². The van der Waals surface area contributed by atoms with Crippen molar-refractivity contribution in [3.8, 4) is 5.75 Å². The molecule has 0 radical (unpaired) electrons. The summed E-state index contributed by atoms with van der Waals surface area (Å²) >= 11 is 6.96. The lowest BCUT2D eigenvalue weighted by atomic mass is 10.3. The quantitative estimate of drug-likeness (QED) is 0.817. The number of nitrogens with one attached hydrogen (secondary N) is 2. The molecule has 0 aliphatic heterocycles. The topological polar surface area (TPSA) is 46.2 Å². The zero-order valence-electron chi connectivity index (χ0n) is 10.5. The van der Waals surface area contributed by atoms with Crippen LogP contribution in [0.25, 0.3) is 0 Å². The van der Waals surface area contributed by atoms with Gasteiger partial charge in [-0.15, -0.1) is 0 Å². The number of pyridine rings is 1. The average molecular weight is 387 g/mol. The molecule has 19 heavy (non-hydrogen) atoms. The Bertz CT molecular complexity index is 590. The molecule has 2 aromatic rings. The van der Waals surface area contributed by atoms with E-state index in [4.69, 9.17) is 4.74 Å². The van der Waals surface area contributed by atoms with Crippen LogP contribution in [0.1, 0.15) is 0 Å². The van der Waals surface area contributed by atoms with E-state index in [1.165, 1.54) is 0 Å². The minimum atomic E-state index is 0.767. The van der Waals surface area contributed by atoms with Crippen LogP contribution in [0.5, 0.6) is 5.75 Å². The smallest absolute Gasteiger partial charge is 0.135 e. The fourth-order valence-electron chi connectivity index (χ4n) is 1.58. The largest absolute Gasteiger partial charge is 0.495 e. The summed E-state index contributed by atoms with van der Waals surface area (Å²) in [5.74, 6) is 0.767. The highest BCUT2D eigenvalue weighted by Gasteiger charge is 2.07. The first-order chi connectivity index (χ1) is 9.13. The van der Waals surface area contributed by atoms with Crippen molar-refractivity contribution in [3.05, 3.63) is 39.5 Å². The highest BCUT2D eigenvalue weighted by Crippen LogP contribution is 2.36. The van der Waals surface area contributed by atoms with Gasteiger partial charge in [-0.05, 0) is 44.0 Å². The summed E-state index contributed by atoms with van der Waals surface area (Å²) in [6, 6.07) is 5.84. The van der Waals surface area contributed by atoms with E-state index < -0.39 is 0 Å². The number of hydrogen-bond acceptors (Lipinski definition) is 4. The molecule has 0 saturated heterocycles. The van der Waals surface area contributed by atoms with Crippen molar-refractivity contribution in [1.29, 1.82) is 0 Å². The lowest BCUT2D eigenvalue weighted by molar-refractivity contribution is 0.412. The van der Waals surface area contributed by atoms with Crippen molar-refractivity contribution < 1.29 is 4.74 Å². The third-order valence-corrected chi connectivity index (χ3v) is 3.82. The molecule has 0 spiro atoms. The summed E-state index contributed by atoms with van der Waals surface area (Å²) in [4.78, 5) is 4.16. The number of halogens is 2. The van der Waals surface area contributed by atoms with E-state index in [0.717, 1.165) is 31.8 Å². The van der Waals surface area contributed by atoms with E-state index in [1.54, 1.807) is 19.5 Å². The summed E-state index contributed by atoms with van der Waals surface area (Å²) < 4.78 is 7.13. The van der Waals surface area contributed by atoms with Gasteiger partial charge in [0.05, 0.1) is 41.0 Å². The molecule has 0 aliphatic carbocycles. The maximum atomic E-state index is 5.29. The second-order valence-electron chi connectivity index (χ2n) is 3.80. The molecule has 1 aromatic heterocycles. The van der Waals surface area contributed by atoms with E-state index in [-0.39, 0.29) is 0 Å². The molecule has 1 heterocycles. The number of benzene rings is 1. The second kappa shape index (κ2) is 6.25. The van der Waals surface area contributed by atoms with Gasteiger partial charge in [0.2, 0.25) is 0 Å². The Morgan fingerprint density at radius 1 is 1.05 bits per heavy atom. The molecule has 4 nitrogen and oxygen atoms in total. The first-order valence-corrected chi connectivity index (χ1v) is 7.15. The Labute approximate surface area is 128 Å². The monoisotopic (exact) mass is 385 g/mol. The summed E-state index contributed by atoms with van der Waals surface area (Å²) in [7, 11) is 3.50. The number of anilines is 3. The SMILES string of the molecule is CNc1cncc(Nc2cc(OC)c(Br)cc2Br)c1. The Kier molecular flexibility index (Phi) is 4.66. The fraction of sp³-hybridized carbons (Fsp3) is 0.154. The van der Waals surface area contributed by atoms with Crippen LogP contribution in [0.15, 0.2) is 39.5 Å². The van der Waals surface area contributed by atoms with Crippen LogP contribution in [0.2, 0.25) is 0 Å². The van der Waals surface area contributed by atoms with E-state index >= 15 is 0 Å². The minimum Gasteiger partial charge on any atom is -0.495 e. The molecule has 0 aliphatic rings. The summed E-state index contributed by atoms with van der Waals surface area (Å²) in [5, 5.41) is 6.35. The molecule has 0 unspecified atom stereocenters. The lowest BCUT2D eigenvalue weighted by Crippen LogP contribution is -1.96. The molecule has 1 aromatic carbocycles. The van der Waals surface area contributed by atoms with Crippen molar-refractivity contribution in [2.24, 2.45) is 0 Å². The van der Waals surface area contributed by atoms with Crippen molar-refractivity contribution in [2.75, 3.05) is 24.8 Å². The molecular formula is C13H13Br2N3O. The fourth-order valence-corrected chi connectivity index (χ4v) is 2.84. The molecule has 0 bridgehead atoms. The molecule has 2 rings (SSSR count). The van der Waals surface area contributed by atoms with Gasteiger partial charge in [0, 0.05) is 17.6 Å². The number of aromatic nitrogens is 1. The van der Waals surface area contributed by atoms with Gasteiger partial charge in [-0.1, -0.05) is 0 Å². The number of hydrogen-bond donors (Lipinski definition) is 2. The van der Waals surface area contributed by atoms with E-state index in [9.17, 15) is 0 Å². The second-order valence-corrected chi connectivity index (χ2v) is 5.51. The third-order valence-electron chi connectivity index (χ3n) is 2.55. The van der Waals surface area contributed by atoms with Crippen molar-refractivity contribution >= 4 is 48.9 Å². The molecule has 0 atom stereocenters. The predicted octanol–water partition coefficient (Wildman–Crippen LogP) is 4.40. The van der Waals surface area contributed by atoms with Crippen LogP contribution < -0.4 is 15.4 Å². The zero-order chi connectivity index (χ0) is 13.8. The first kappa shape index (κ1) is 14.1. The number of ether oxygens (including phenoxy) is 1. The van der Waals surface area contributed by atoms with Gasteiger partial charge < -0.3 is 15.4 Å². The molecule has 0 amide bonds. The maximum Gasteiger partial charge on any atom is 0.135 e. The minimum absolute atomic E-state index is 0.767. The van der Waals surface area contributed by atoms with Crippen LogP contribution in [0.3, 0.4) is 0 Å². The van der Waals surface area contributed by atoms with Gasteiger partial charge in [0.25, 0.3) is 0 Å². The summed E-state index contributed by atoms with van der Waals surface area (Å²) in [6.07, 6.45) is 3.53. The average Bonchev–Trinajstić information content (AvgIpc) is 2.42. The Balaban J connectivity index is 2.32. The van der Waals surface area contributed by atoms with E-state index in [2.05, 4.69) is 47.5 Å². The molecule has 0 fully saturated rings. The van der Waals surface area contributed by atoms with Gasteiger partial charge >= 0.3 is 0 Å². The molecular weight excluding hydrogens is 374 g/mol. The standard InChI is InChI=1S/C13H13Br2N3O/c1-16-8-3-9(7-17-6-8)18-12-5-13(19-2)11(15)4-10(12)14/h3-7,16,18H,1-2H3. The first-order valence-electron chi connectivity index (χ1n) is 5.57. The molecule has 100 valence electrons. The molecule has 2 N–H and O–H groups in total. The zero-order valence-corrected chi connectivity index (χ0v) is 13.7. The van der Waals surface area contributed by atoms with Crippen LogP contribution in [-0.4, -0.2) is 19.1 Å². The number of rotatable bonds is 4. The van der Waals surface area contributed by atoms with Gasteiger partial charge in [-0.2, -0.15) is 0 Å². The van der Waals surface area contributed by atoms with Crippen molar-refractivity contribution in [2.45, 2.75) is 0 Å². The van der Waals surface area contributed by atoms with Gasteiger partial charge in [-0.25, -0.2) is 0 Å². The summed E-state index contributed by atoms with van der Waals surface area (Å²) in [5.41, 5.74) is 2.76. The molecule has 6 heteroatoms. The maximum absolute atomic E-state index is 5.29. The van der Waals surface area contributed by atoms with Crippen LogP contribution in [0.4, 0.5) is 17.1 Å². The van der Waals surface area contributed by atoms with E-state index in [0.29, 0.717) is 0 Å². The van der Waals surface area contributed by atoms with Gasteiger partial charge in [0.1, 0.15) is 5.75 Å². The van der Waals surface area contributed by atoms with Crippen LogP contribution in [0, 0.1) is 0 Å². The van der Waals surface area contributed by atoms with Crippen molar-refractivity contribution in [3.63, 3.8) is 0 Å².